The summed E-state index contributed by atoms with van der Waals surface area (Å²) >= 11 is 0. The third kappa shape index (κ3) is 4.54. The Balaban J connectivity index is 1.81. The number of methoxy groups -OCH3 is 1. The van der Waals surface area contributed by atoms with Crippen molar-refractivity contribution in [2.24, 2.45) is 0 Å². The van der Waals surface area contributed by atoms with E-state index in [9.17, 15) is 5.11 Å². The summed E-state index contributed by atoms with van der Waals surface area (Å²) in [4.78, 5) is 4.39. The van der Waals surface area contributed by atoms with Crippen LogP contribution in [0, 0.1) is 0 Å². The van der Waals surface area contributed by atoms with E-state index in [1.165, 1.54) is 6.42 Å². The van der Waals surface area contributed by atoms with Crippen molar-refractivity contribution in [2.75, 3.05) is 26.9 Å². The Morgan fingerprint density at radius 3 is 2.90 bits per heavy atom. The zero-order chi connectivity index (χ0) is 14.2. The van der Waals surface area contributed by atoms with Crippen LogP contribution in [0.4, 0.5) is 0 Å². The van der Waals surface area contributed by atoms with E-state index in [4.69, 9.17) is 14.0 Å². The molecule has 6 nitrogen and oxygen atoms in total. The molecule has 0 amide bonds. The third-order valence-corrected chi connectivity index (χ3v) is 3.68. The molecule has 0 aromatic carbocycles. The summed E-state index contributed by atoms with van der Waals surface area (Å²) in [6.07, 6.45) is 5.36. The van der Waals surface area contributed by atoms with Gasteiger partial charge in [0.1, 0.15) is 0 Å². The van der Waals surface area contributed by atoms with Crippen LogP contribution in [0.1, 0.15) is 49.7 Å². The van der Waals surface area contributed by atoms with Crippen molar-refractivity contribution in [2.45, 2.75) is 50.5 Å². The third-order valence-electron chi connectivity index (χ3n) is 3.68. The number of ether oxygens (including phenoxy) is 2. The second-order valence-corrected chi connectivity index (χ2v) is 5.22. The minimum absolute atomic E-state index is 0.00633. The molecule has 0 radical (unpaired) electrons. The molecule has 114 valence electrons. The van der Waals surface area contributed by atoms with Crippen LogP contribution >= 0.6 is 0 Å². The molecule has 1 aromatic rings. The van der Waals surface area contributed by atoms with Crippen molar-refractivity contribution in [1.29, 1.82) is 0 Å². The molecule has 0 aliphatic heterocycles. The van der Waals surface area contributed by atoms with Crippen molar-refractivity contribution in [3.8, 4) is 0 Å². The average Bonchev–Trinajstić information content (AvgIpc) is 2.80. The quantitative estimate of drug-likeness (QED) is 0.606. The van der Waals surface area contributed by atoms with Crippen LogP contribution < -0.4 is 0 Å². The van der Waals surface area contributed by atoms with Crippen molar-refractivity contribution in [1.82, 2.24) is 10.1 Å². The standard InChI is InChI=1S/C14H24N2O4/c1-18-9-10-19-8-7-13-15-14(20-16-13)11-5-3-2-4-6-12(11)17/h11-12,17H,2-10H2,1H3. The van der Waals surface area contributed by atoms with Gasteiger partial charge in [-0.3, -0.25) is 0 Å². The molecule has 2 unspecified atom stereocenters. The lowest BCUT2D eigenvalue weighted by molar-refractivity contribution is 0.0714. The van der Waals surface area contributed by atoms with Crippen LogP contribution in [-0.4, -0.2) is 48.3 Å². The number of nitrogens with zero attached hydrogens (tertiary/aromatic N) is 2. The van der Waals surface area contributed by atoms with Gasteiger partial charge in [0.2, 0.25) is 5.89 Å². The Kier molecular flexibility index (Phi) is 6.42. The van der Waals surface area contributed by atoms with E-state index in [-0.39, 0.29) is 12.0 Å². The summed E-state index contributed by atoms with van der Waals surface area (Å²) in [5, 5.41) is 14.1. The van der Waals surface area contributed by atoms with Crippen LogP contribution in [0.2, 0.25) is 0 Å². The van der Waals surface area contributed by atoms with Crippen molar-refractivity contribution >= 4 is 0 Å². The van der Waals surface area contributed by atoms with E-state index in [1.54, 1.807) is 7.11 Å². The molecule has 0 spiro atoms. The first-order valence-electron chi connectivity index (χ1n) is 7.38. The van der Waals surface area contributed by atoms with Gasteiger partial charge in [-0.2, -0.15) is 4.98 Å². The van der Waals surface area contributed by atoms with Gasteiger partial charge in [0, 0.05) is 13.5 Å². The number of hydrogen-bond acceptors (Lipinski definition) is 6. The predicted molar refractivity (Wildman–Crippen MR) is 72.5 cm³/mol. The molecule has 6 heteroatoms. The van der Waals surface area contributed by atoms with Gasteiger partial charge in [-0.15, -0.1) is 0 Å². The number of aliphatic hydroxyl groups excluding tert-OH is 1. The van der Waals surface area contributed by atoms with Gasteiger partial charge in [-0.25, -0.2) is 0 Å². The maximum absolute atomic E-state index is 10.1. The van der Waals surface area contributed by atoms with E-state index in [1.807, 2.05) is 0 Å². The topological polar surface area (TPSA) is 77.6 Å². The largest absolute Gasteiger partial charge is 0.392 e. The normalized spacial score (nSPS) is 23.7. The first kappa shape index (κ1) is 15.4. The van der Waals surface area contributed by atoms with Crippen molar-refractivity contribution in [3.05, 3.63) is 11.7 Å². The number of hydrogen-bond donors (Lipinski definition) is 1. The highest BCUT2D eigenvalue weighted by molar-refractivity contribution is 4.98. The molecule has 1 fully saturated rings. The van der Waals surface area contributed by atoms with Gasteiger partial charge in [0.05, 0.1) is 31.8 Å². The van der Waals surface area contributed by atoms with Crippen LogP contribution in [-0.2, 0) is 15.9 Å². The molecule has 1 saturated carbocycles. The fourth-order valence-corrected chi connectivity index (χ4v) is 2.50. The highest BCUT2D eigenvalue weighted by Gasteiger charge is 2.28. The van der Waals surface area contributed by atoms with E-state index in [2.05, 4.69) is 10.1 Å². The zero-order valence-electron chi connectivity index (χ0n) is 12.1. The van der Waals surface area contributed by atoms with Crippen LogP contribution in [0.25, 0.3) is 0 Å². The molecule has 1 heterocycles. The Hall–Kier alpha value is -0.980. The SMILES string of the molecule is COCCOCCc1noc(C2CCCCCC2O)n1. The molecule has 0 saturated heterocycles. The number of aliphatic hydroxyl groups is 1. The summed E-state index contributed by atoms with van der Waals surface area (Å²) in [6.45, 7) is 1.71. The van der Waals surface area contributed by atoms with E-state index in [0.717, 1.165) is 25.7 Å². The smallest absolute Gasteiger partial charge is 0.232 e. The van der Waals surface area contributed by atoms with Crippen LogP contribution in [0.3, 0.4) is 0 Å². The van der Waals surface area contributed by atoms with Crippen LogP contribution in [0.5, 0.6) is 0 Å². The summed E-state index contributed by atoms with van der Waals surface area (Å²) < 4.78 is 15.6. The minimum Gasteiger partial charge on any atom is -0.392 e. The first-order valence-corrected chi connectivity index (χ1v) is 7.38. The summed E-state index contributed by atoms with van der Waals surface area (Å²) in [7, 11) is 1.65. The highest BCUT2D eigenvalue weighted by Crippen LogP contribution is 2.30. The van der Waals surface area contributed by atoms with Crippen molar-refractivity contribution < 1.29 is 19.1 Å². The van der Waals surface area contributed by atoms with E-state index in [0.29, 0.717) is 38.0 Å². The molecule has 1 aromatic heterocycles. The molecule has 1 aliphatic carbocycles. The number of rotatable bonds is 7. The van der Waals surface area contributed by atoms with Crippen molar-refractivity contribution in [3.63, 3.8) is 0 Å². The maximum Gasteiger partial charge on any atom is 0.232 e. The maximum atomic E-state index is 10.1. The minimum atomic E-state index is -0.358. The Morgan fingerprint density at radius 2 is 2.05 bits per heavy atom. The van der Waals surface area contributed by atoms with Gasteiger partial charge < -0.3 is 19.1 Å². The fourth-order valence-electron chi connectivity index (χ4n) is 2.50. The molecular formula is C14H24N2O4. The zero-order valence-corrected chi connectivity index (χ0v) is 12.1. The number of aromatic nitrogens is 2. The van der Waals surface area contributed by atoms with E-state index >= 15 is 0 Å². The lowest BCUT2D eigenvalue weighted by atomic mass is 9.97. The predicted octanol–water partition coefficient (Wildman–Crippen LogP) is 1.68. The Morgan fingerprint density at radius 1 is 1.20 bits per heavy atom. The fraction of sp³-hybridized carbons (Fsp3) is 0.857. The molecule has 2 rings (SSSR count). The lowest BCUT2D eigenvalue weighted by Crippen LogP contribution is -2.17. The first-order chi connectivity index (χ1) is 9.81. The van der Waals surface area contributed by atoms with Gasteiger partial charge in [0.25, 0.3) is 0 Å². The molecule has 20 heavy (non-hydrogen) atoms. The molecule has 0 bridgehead atoms. The summed E-state index contributed by atoms with van der Waals surface area (Å²) in [5.41, 5.74) is 0. The highest BCUT2D eigenvalue weighted by atomic mass is 16.5. The van der Waals surface area contributed by atoms with Gasteiger partial charge >= 0.3 is 0 Å². The van der Waals surface area contributed by atoms with Gasteiger partial charge in [-0.1, -0.05) is 24.4 Å². The van der Waals surface area contributed by atoms with Crippen LogP contribution in [0.15, 0.2) is 4.52 Å². The lowest BCUT2D eigenvalue weighted by Gasteiger charge is -2.15. The van der Waals surface area contributed by atoms with Gasteiger partial charge in [-0.05, 0) is 12.8 Å². The molecule has 1 aliphatic rings. The second kappa shape index (κ2) is 8.34. The summed E-state index contributed by atoms with van der Waals surface area (Å²) in [5.74, 6) is 1.22. The molecular weight excluding hydrogens is 260 g/mol. The monoisotopic (exact) mass is 284 g/mol. The summed E-state index contributed by atoms with van der Waals surface area (Å²) in [6, 6.07) is 0. The Bertz CT molecular complexity index is 383. The average molecular weight is 284 g/mol. The molecule has 1 N–H and O–H groups in total. The van der Waals surface area contributed by atoms with Gasteiger partial charge in [0.15, 0.2) is 5.82 Å². The Labute approximate surface area is 119 Å². The van der Waals surface area contributed by atoms with E-state index < -0.39 is 0 Å². The molecule has 2 atom stereocenters. The second-order valence-electron chi connectivity index (χ2n) is 5.22.